The summed E-state index contributed by atoms with van der Waals surface area (Å²) in [6.07, 6.45) is 8.90. The molecule has 3 heteroatoms. The van der Waals surface area contributed by atoms with Crippen LogP contribution in [0.3, 0.4) is 0 Å². The largest absolute Gasteiger partial charge is 0.297 e. The van der Waals surface area contributed by atoms with Crippen molar-refractivity contribution in [2.24, 2.45) is 5.92 Å². The number of rotatable bonds is 2. The van der Waals surface area contributed by atoms with E-state index in [1.165, 1.54) is 50.0 Å². The number of aromatic nitrogens is 2. The molecule has 1 aromatic rings. The van der Waals surface area contributed by atoms with Crippen molar-refractivity contribution in [1.82, 2.24) is 14.9 Å². The lowest BCUT2D eigenvalue weighted by atomic mass is 10.0. The maximum atomic E-state index is 4.59. The molecule has 1 aliphatic heterocycles. The Labute approximate surface area is 103 Å². The van der Waals surface area contributed by atoms with Crippen molar-refractivity contribution in [3.63, 3.8) is 0 Å². The first-order chi connectivity index (χ1) is 8.31. The van der Waals surface area contributed by atoms with Crippen molar-refractivity contribution < 1.29 is 0 Å². The van der Waals surface area contributed by atoms with Crippen molar-refractivity contribution in [3.8, 4) is 0 Å². The van der Waals surface area contributed by atoms with E-state index in [-0.39, 0.29) is 0 Å². The fourth-order valence-corrected chi connectivity index (χ4v) is 3.17. The lowest BCUT2D eigenvalue weighted by molar-refractivity contribution is 0.211. The molecule has 3 rings (SSSR count). The van der Waals surface area contributed by atoms with Crippen LogP contribution in [0.2, 0.25) is 0 Å². The summed E-state index contributed by atoms with van der Waals surface area (Å²) < 4.78 is 0. The molecule has 2 aliphatic rings. The van der Waals surface area contributed by atoms with Gasteiger partial charge in [-0.1, -0.05) is 12.8 Å². The molecule has 0 saturated heterocycles. The highest BCUT2D eigenvalue weighted by Crippen LogP contribution is 2.27. The van der Waals surface area contributed by atoms with E-state index < -0.39 is 0 Å². The van der Waals surface area contributed by atoms with Gasteiger partial charge in [-0.3, -0.25) is 4.90 Å². The highest BCUT2D eigenvalue weighted by atomic mass is 15.1. The fourth-order valence-electron chi connectivity index (χ4n) is 3.17. The summed E-state index contributed by atoms with van der Waals surface area (Å²) in [7, 11) is 0. The summed E-state index contributed by atoms with van der Waals surface area (Å²) in [5.74, 6) is 1.85. The first-order valence-corrected chi connectivity index (χ1v) is 6.85. The Hall–Kier alpha value is -0.960. The van der Waals surface area contributed by atoms with Crippen LogP contribution in [-0.4, -0.2) is 28.0 Å². The number of fused-ring (bicyclic) bond motifs is 1. The van der Waals surface area contributed by atoms with Crippen LogP contribution in [0.15, 0.2) is 6.20 Å². The Morgan fingerprint density at radius 3 is 3.00 bits per heavy atom. The van der Waals surface area contributed by atoms with Gasteiger partial charge in [-0.25, -0.2) is 9.97 Å². The van der Waals surface area contributed by atoms with Crippen molar-refractivity contribution in [1.29, 1.82) is 0 Å². The van der Waals surface area contributed by atoms with Crippen LogP contribution in [0, 0.1) is 12.8 Å². The van der Waals surface area contributed by atoms with Crippen LogP contribution < -0.4 is 0 Å². The standard InChI is InChI=1S/C14H21N3/c1-11-15-8-13-6-7-17(10-14(13)16-11)9-12-4-2-3-5-12/h8,12H,2-7,9-10H2,1H3. The van der Waals surface area contributed by atoms with E-state index in [9.17, 15) is 0 Å². The van der Waals surface area contributed by atoms with Crippen LogP contribution in [0.1, 0.15) is 42.8 Å². The van der Waals surface area contributed by atoms with Gasteiger partial charge in [-0.2, -0.15) is 0 Å². The second kappa shape index (κ2) is 4.73. The molecule has 1 aliphatic carbocycles. The second-order valence-electron chi connectivity index (χ2n) is 5.52. The van der Waals surface area contributed by atoms with Crippen LogP contribution in [0.25, 0.3) is 0 Å². The van der Waals surface area contributed by atoms with Crippen molar-refractivity contribution in [3.05, 3.63) is 23.3 Å². The molecular formula is C14H21N3. The van der Waals surface area contributed by atoms with E-state index in [0.29, 0.717) is 0 Å². The Kier molecular flexibility index (Phi) is 3.10. The third kappa shape index (κ3) is 2.49. The molecule has 0 amide bonds. The second-order valence-corrected chi connectivity index (χ2v) is 5.52. The number of hydrogen-bond donors (Lipinski definition) is 0. The van der Waals surface area contributed by atoms with Gasteiger partial charge in [-0.15, -0.1) is 0 Å². The minimum Gasteiger partial charge on any atom is -0.297 e. The lowest BCUT2D eigenvalue weighted by Crippen LogP contribution is -2.34. The van der Waals surface area contributed by atoms with Gasteiger partial charge < -0.3 is 0 Å². The molecule has 1 aromatic heterocycles. The van der Waals surface area contributed by atoms with Crippen LogP contribution >= 0.6 is 0 Å². The van der Waals surface area contributed by atoms with Crippen LogP contribution in [0.5, 0.6) is 0 Å². The predicted octanol–water partition coefficient (Wildman–Crippen LogP) is 2.33. The van der Waals surface area contributed by atoms with E-state index in [0.717, 1.165) is 24.7 Å². The molecule has 0 aromatic carbocycles. The molecule has 3 nitrogen and oxygen atoms in total. The van der Waals surface area contributed by atoms with Crippen LogP contribution in [-0.2, 0) is 13.0 Å². The molecule has 0 unspecified atom stereocenters. The van der Waals surface area contributed by atoms with E-state index in [2.05, 4.69) is 14.9 Å². The molecule has 1 fully saturated rings. The van der Waals surface area contributed by atoms with Gasteiger partial charge in [0, 0.05) is 25.8 Å². The Balaban J connectivity index is 1.67. The molecule has 17 heavy (non-hydrogen) atoms. The molecular weight excluding hydrogens is 210 g/mol. The lowest BCUT2D eigenvalue weighted by Gasteiger charge is -2.29. The Morgan fingerprint density at radius 1 is 1.35 bits per heavy atom. The van der Waals surface area contributed by atoms with Gasteiger partial charge in [-0.05, 0) is 37.7 Å². The zero-order chi connectivity index (χ0) is 11.7. The van der Waals surface area contributed by atoms with Crippen molar-refractivity contribution >= 4 is 0 Å². The minimum absolute atomic E-state index is 0.909. The summed E-state index contributed by atoms with van der Waals surface area (Å²) in [5, 5.41) is 0. The number of aryl methyl sites for hydroxylation is 1. The van der Waals surface area contributed by atoms with Gasteiger partial charge in [0.2, 0.25) is 0 Å². The topological polar surface area (TPSA) is 29.0 Å². The van der Waals surface area contributed by atoms with Gasteiger partial charge in [0.05, 0.1) is 5.69 Å². The molecule has 92 valence electrons. The third-order valence-electron chi connectivity index (χ3n) is 4.14. The van der Waals surface area contributed by atoms with Crippen molar-refractivity contribution in [2.45, 2.75) is 45.6 Å². The zero-order valence-corrected chi connectivity index (χ0v) is 10.7. The third-order valence-corrected chi connectivity index (χ3v) is 4.14. The van der Waals surface area contributed by atoms with Gasteiger partial charge in [0.15, 0.2) is 0 Å². The SMILES string of the molecule is Cc1ncc2c(n1)CN(CC1CCCC1)CC2. The highest BCUT2D eigenvalue weighted by molar-refractivity contribution is 5.20. The first kappa shape index (κ1) is 11.1. The van der Waals surface area contributed by atoms with E-state index in [1.54, 1.807) is 0 Å². The molecule has 0 bridgehead atoms. The molecule has 0 radical (unpaired) electrons. The van der Waals surface area contributed by atoms with E-state index in [1.807, 2.05) is 13.1 Å². The monoisotopic (exact) mass is 231 g/mol. The molecule has 0 spiro atoms. The quantitative estimate of drug-likeness (QED) is 0.782. The van der Waals surface area contributed by atoms with E-state index in [4.69, 9.17) is 0 Å². The molecule has 0 atom stereocenters. The number of hydrogen-bond acceptors (Lipinski definition) is 3. The minimum atomic E-state index is 0.909. The molecule has 0 N–H and O–H groups in total. The maximum absolute atomic E-state index is 4.59. The fraction of sp³-hybridized carbons (Fsp3) is 0.714. The van der Waals surface area contributed by atoms with Gasteiger partial charge in [0.25, 0.3) is 0 Å². The summed E-state index contributed by atoms with van der Waals surface area (Å²) in [6, 6.07) is 0. The summed E-state index contributed by atoms with van der Waals surface area (Å²) in [6.45, 7) is 5.49. The molecule has 1 saturated carbocycles. The smallest absolute Gasteiger partial charge is 0.125 e. The average Bonchev–Trinajstić information content (AvgIpc) is 2.81. The Morgan fingerprint density at radius 2 is 2.18 bits per heavy atom. The normalized spacial score (nSPS) is 21.7. The summed E-state index contributed by atoms with van der Waals surface area (Å²) >= 11 is 0. The zero-order valence-electron chi connectivity index (χ0n) is 10.7. The first-order valence-electron chi connectivity index (χ1n) is 6.85. The van der Waals surface area contributed by atoms with Gasteiger partial charge in [0.1, 0.15) is 5.82 Å². The number of nitrogens with zero attached hydrogens (tertiary/aromatic N) is 3. The maximum Gasteiger partial charge on any atom is 0.125 e. The highest BCUT2D eigenvalue weighted by Gasteiger charge is 2.22. The Bertz CT molecular complexity index is 396. The van der Waals surface area contributed by atoms with Gasteiger partial charge >= 0.3 is 0 Å². The average molecular weight is 231 g/mol. The van der Waals surface area contributed by atoms with Crippen LogP contribution in [0.4, 0.5) is 0 Å². The molecule has 2 heterocycles. The van der Waals surface area contributed by atoms with E-state index >= 15 is 0 Å². The van der Waals surface area contributed by atoms with Crippen molar-refractivity contribution in [2.75, 3.05) is 13.1 Å². The predicted molar refractivity (Wildman–Crippen MR) is 67.7 cm³/mol. The summed E-state index contributed by atoms with van der Waals surface area (Å²) in [5.41, 5.74) is 2.63. The summed E-state index contributed by atoms with van der Waals surface area (Å²) in [4.78, 5) is 11.5.